The molecule has 2 fully saturated rings. The van der Waals surface area contributed by atoms with Crippen molar-refractivity contribution in [3.8, 4) is 0 Å². The van der Waals surface area contributed by atoms with Crippen LogP contribution in [0, 0.1) is 5.41 Å². The van der Waals surface area contributed by atoms with E-state index in [1.54, 1.807) is 7.11 Å². The summed E-state index contributed by atoms with van der Waals surface area (Å²) in [6, 6.07) is 10.9. The van der Waals surface area contributed by atoms with E-state index in [9.17, 15) is 9.90 Å². The second-order valence-corrected chi connectivity index (χ2v) is 8.85. The Bertz CT molecular complexity index is 815. The van der Waals surface area contributed by atoms with E-state index >= 15 is 0 Å². The second kappa shape index (κ2) is 8.24. The Kier molecular flexibility index (Phi) is 5.73. The molecular formula is C20H26N4O3S. The Morgan fingerprint density at radius 1 is 1.36 bits per heavy atom. The van der Waals surface area contributed by atoms with Gasteiger partial charge in [-0.25, -0.2) is 0 Å². The van der Waals surface area contributed by atoms with Gasteiger partial charge in [-0.1, -0.05) is 41.7 Å². The highest BCUT2D eigenvalue weighted by Gasteiger charge is 2.55. The molecule has 0 radical (unpaired) electrons. The number of ether oxygens (including phenoxy) is 1. The molecule has 0 spiro atoms. The van der Waals surface area contributed by atoms with Crippen molar-refractivity contribution in [2.24, 2.45) is 5.41 Å². The number of hydrogen-bond acceptors (Lipinski definition) is 7. The predicted molar refractivity (Wildman–Crippen MR) is 107 cm³/mol. The largest absolute Gasteiger partial charge is 0.396 e. The monoisotopic (exact) mass is 402 g/mol. The fourth-order valence-corrected chi connectivity index (χ4v) is 5.62. The van der Waals surface area contributed by atoms with Crippen molar-refractivity contribution >= 4 is 22.4 Å². The minimum atomic E-state index is -0.168. The average Bonchev–Trinajstić information content (AvgIpc) is 3.37. The summed E-state index contributed by atoms with van der Waals surface area (Å²) in [6.07, 6.45) is 3.90. The molecule has 8 heteroatoms. The second-order valence-electron chi connectivity index (χ2n) is 7.79. The number of aliphatic hydroxyl groups is 1. The number of benzene rings is 1. The predicted octanol–water partition coefficient (Wildman–Crippen LogP) is 2.08. The van der Waals surface area contributed by atoms with Crippen molar-refractivity contribution in [2.75, 3.05) is 25.6 Å². The Labute approximate surface area is 168 Å². The van der Waals surface area contributed by atoms with Crippen molar-refractivity contribution in [1.82, 2.24) is 15.1 Å². The van der Waals surface area contributed by atoms with E-state index in [1.165, 1.54) is 16.9 Å². The lowest BCUT2D eigenvalue weighted by Gasteiger charge is -2.36. The number of carbonyl (C=O) groups is 1. The highest BCUT2D eigenvalue weighted by atomic mass is 32.1. The fourth-order valence-electron chi connectivity index (χ4n) is 4.89. The summed E-state index contributed by atoms with van der Waals surface area (Å²) < 4.78 is 5.04. The molecular weight excluding hydrogens is 376 g/mol. The number of methoxy groups -OCH3 is 1. The van der Waals surface area contributed by atoms with Gasteiger partial charge in [0.15, 0.2) is 0 Å². The van der Waals surface area contributed by atoms with E-state index < -0.39 is 0 Å². The Morgan fingerprint density at radius 2 is 2.18 bits per heavy atom. The molecule has 4 rings (SSSR count). The van der Waals surface area contributed by atoms with Crippen LogP contribution in [0.2, 0.25) is 0 Å². The third-order valence-electron chi connectivity index (χ3n) is 6.01. The SMILES string of the molecule is COCc1nnc(NC(=O)CN2[C@@H]3CC[C@H]2[C@](CO)(Cc2ccccc2)C3)s1. The minimum absolute atomic E-state index is 0.0783. The van der Waals surface area contributed by atoms with E-state index in [0.717, 1.165) is 30.7 Å². The number of anilines is 1. The van der Waals surface area contributed by atoms with Crippen LogP contribution in [-0.4, -0.2) is 58.5 Å². The van der Waals surface area contributed by atoms with Crippen LogP contribution in [0.25, 0.3) is 0 Å². The molecule has 0 unspecified atom stereocenters. The molecule has 3 heterocycles. The maximum Gasteiger partial charge on any atom is 0.240 e. The van der Waals surface area contributed by atoms with Gasteiger partial charge in [-0.2, -0.15) is 0 Å². The van der Waals surface area contributed by atoms with Crippen LogP contribution in [0.4, 0.5) is 5.13 Å². The first-order valence-electron chi connectivity index (χ1n) is 9.65. The van der Waals surface area contributed by atoms with E-state index in [-0.39, 0.29) is 24.0 Å². The lowest BCUT2D eigenvalue weighted by Crippen LogP contribution is -2.44. The lowest BCUT2D eigenvalue weighted by molar-refractivity contribution is -0.117. The molecule has 150 valence electrons. The standard InChI is InChI=1S/C20H26N4O3S/c1-27-12-18-22-23-19(28-18)21-17(26)11-24-15-7-8-16(24)20(10-15,13-25)9-14-5-3-2-4-6-14/h2-6,15-16,25H,7-13H2,1H3,(H,21,23,26)/t15-,16+,20-/m1/s1. The maximum atomic E-state index is 12.6. The fraction of sp³-hybridized carbons (Fsp3) is 0.550. The van der Waals surface area contributed by atoms with Crippen molar-refractivity contribution in [2.45, 2.75) is 44.4 Å². The minimum Gasteiger partial charge on any atom is -0.396 e. The lowest BCUT2D eigenvalue weighted by atomic mass is 9.70. The van der Waals surface area contributed by atoms with E-state index in [1.807, 2.05) is 18.2 Å². The highest BCUT2D eigenvalue weighted by Crippen LogP contribution is 2.51. The molecule has 1 aromatic carbocycles. The van der Waals surface area contributed by atoms with Gasteiger partial charge in [-0.15, -0.1) is 10.2 Å². The van der Waals surface area contributed by atoms with Gasteiger partial charge in [0.2, 0.25) is 11.0 Å². The number of aromatic nitrogens is 2. The summed E-state index contributed by atoms with van der Waals surface area (Å²) in [5.74, 6) is -0.0783. The number of fused-ring (bicyclic) bond motifs is 2. The molecule has 3 atom stereocenters. The number of carbonyl (C=O) groups excluding carboxylic acids is 1. The Hall–Kier alpha value is -1.87. The average molecular weight is 403 g/mol. The molecule has 1 amide bonds. The van der Waals surface area contributed by atoms with Gasteiger partial charge in [0.05, 0.1) is 13.2 Å². The van der Waals surface area contributed by atoms with Crippen LogP contribution in [0.5, 0.6) is 0 Å². The summed E-state index contributed by atoms with van der Waals surface area (Å²) >= 11 is 1.33. The molecule has 2 saturated heterocycles. The number of hydrogen-bond donors (Lipinski definition) is 2. The molecule has 28 heavy (non-hydrogen) atoms. The van der Waals surface area contributed by atoms with Crippen molar-refractivity contribution in [3.63, 3.8) is 0 Å². The molecule has 2 aliphatic heterocycles. The first-order valence-corrected chi connectivity index (χ1v) is 10.5. The smallest absolute Gasteiger partial charge is 0.240 e. The molecule has 2 N–H and O–H groups in total. The van der Waals surface area contributed by atoms with Crippen LogP contribution < -0.4 is 5.32 Å². The molecule has 0 aliphatic carbocycles. The normalized spacial score (nSPS) is 26.6. The molecule has 0 saturated carbocycles. The first kappa shape index (κ1) is 19.4. The van der Waals surface area contributed by atoms with E-state index in [4.69, 9.17) is 4.74 Å². The highest BCUT2D eigenvalue weighted by molar-refractivity contribution is 7.15. The Balaban J connectivity index is 1.41. The van der Waals surface area contributed by atoms with Crippen LogP contribution >= 0.6 is 11.3 Å². The van der Waals surface area contributed by atoms with Gasteiger partial charge in [-0.3, -0.25) is 15.0 Å². The van der Waals surface area contributed by atoms with Crippen LogP contribution in [0.1, 0.15) is 29.8 Å². The number of aliphatic hydroxyl groups excluding tert-OH is 1. The maximum absolute atomic E-state index is 12.6. The topological polar surface area (TPSA) is 87.6 Å². The van der Waals surface area contributed by atoms with Crippen LogP contribution in [0.3, 0.4) is 0 Å². The van der Waals surface area contributed by atoms with Gasteiger partial charge in [-0.05, 0) is 31.2 Å². The molecule has 7 nitrogen and oxygen atoms in total. The number of rotatable bonds is 8. The van der Waals surface area contributed by atoms with Gasteiger partial charge < -0.3 is 9.84 Å². The van der Waals surface area contributed by atoms with Gasteiger partial charge in [0, 0.05) is 24.6 Å². The van der Waals surface area contributed by atoms with E-state index in [0.29, 0.717) is 24.3 Å². The third kappa shape index (κ3) is 3.82. The third-order valence-corrected chi connectivity index (χ3v) is 6.82. The van der Waals surface area contributed by atoms with Crippen LogP contribution in [-0.2, 0) is 22.6 Å². The molecule has 1 aromatic heterocycles. The number of nitrogens with zero attached hydrogens (tertiary/aromatic N) is 3. The summed E-state index contributed by atoms with van der Waals surface area (Å²) in [4.78, 5) is 14.9. The van der Waals surface area contributed by atoms with Crippen molar-refractivity contribution in [3.05, 3.63) is 40.9 Å². The Morgan fingerprint density at radius 3 is 2.93 bits per heavy atom. The summed E-state index contributed by atoms with van der Waals surface area (Å²) in [5.41, 5.74) is 1.08. The van der Waals surface area contributed by atoms with E-state index in [2.05, 4.69) is 32.5 Å². The zero-order valence-corrected chi connectivity index (χ0v) is 16.8. The number of nitrogens with one attached hydrogen (secondary N) is 1. The quantitative estimate of drug-likeness (QED) is 0.703. The summed E-state index contributed by atoms with van der Waals surface area (Å²) in [6.45, 7) is 0.866. The number of amides is 1. The zero-order chi connectivity index (χ0) is 19.6. The first-order chi connectivity index (χ1) is 13.6. The van der Waals surface area contributed by atoms with Crippen molar-refractivity contribution < 1.29 is 14.6 Å². The van der Waals surface area contributed by atoms with Gasteiger partial charge >= 0.3 is 0 Å². The molecule has 2 aliphatic rings. The van der Waals surface area contributed by atoms with Gasteiger partial charge in [0.1, 0.15) is 11.6 Å². The summed E-state index contributed by atoms with van der Waals surface area (Å²) in [7, 11) is 1.60. The molecule has 2 bridgehead atoms. The van der Waals surface area contributed by atoms with Gasteiger partial charge in [0.25, 0.3) is 0 Å². The van der Waals surface area contributed by atoms with Crippen molar-refractivity contribution in [1.29, 1.82) is 0 Å². The zero-order valence-electron chi connectivity index (χ0n) is 16.0. The summed E-state index contributed by atoms with van der Waals surface area (Å²) in [5, 5.41) is 22.4. The van der Waals surface area contributed by atoms with Crippen LogP contribution in [0.15, 0.2) is 30.3 Å². The molecule has 2 aromatic rings.